The average Bonchev–Trinajstić information content (AvgIpc) is 3.21. The summed E-state index contributed by atoms with van der Waals surface area (Å²) in [6.45, 7) is 0.127. The van der Waals surface area contributed by atoms with E-state index in [0.29, 0.717) is 22.8 Å². The summed E-state index contributed by atoms with van der Waals surface area (Å²) in [5, 5.41) is 6.22. The van der Waals surface area contributed by atoms with Gasteiger partial charge in [-0.1, -0.05) is 30.3 Å². The molecule has 7 heteroatoms. The molecule has 0 atom stereocenters. The van der Waals surface area contributed by atoms with E-state index in [0.717, 1.165) is 0 Å². The smallest absolute Gasteiger partial charge is 0.329 e. The normalized spacial score (nSPS) is 10.5. The zero-order valence-electron chi connectivity index (χ0n) is 14.3. The second-order valence-corrected chi connectivity index (χ2v) is 5.45. The van der Waals surface area contributed by atoms with Gasteiger partial charge in [-0.3, -0.25) is 9.59 Å². The fourth-order valence-corrected chi connectivity index (χ4v) is 2.16. The first-order chi connectivity index (χ1) is 13.2. The zero-order valence-corrected chi connectivity index (χ0v) is 14.3. The summed E-state index contributed by atoms with van der Waals surface area (Å²) in [5.74, 6) is 0.231. The summed E-state index contributed by atoms with van der Waals surface area (Å²) in [4.78, 5) is 23.4. The number of nitrogens with zero attached hydrogens (tertiary/aromatic N) is 1. The van der Waals surface area contributed by atoms with Crippen LogP contribution in [0.25, 0.3) is 0 Å². The summed E-state index contributed by atoms with van der Waals surface area (Å²) in [7, 11) is 0. The van der Waals surface area contributed by atoms with Crippen molar-refractivity contribution in [2.45, 2.75) is 6.54 Å². The van der Waals surface area contributed by atoms with E-state index >= 15 is 0 Å². The molecule has 136 valence electrons. The van der Waals surface area contributed by atoms with E-state index < -0.39 is 11.8 Å². The molecule has 0 aliphatic rings. The maximum atomic E-state index is 11.7. The van der Waals surface area contributed by atoms with E-state index in [9.17, 15) is 9.59 Å². The van der Waals surface area contributed by atoms with Crippen molar-refractivity contribution in [1.82, 2.24) is 10.7 Å². The van der Waals surface area contributed by atoms with Crippen LogP contribution in [0.4, 0.5) is 0 Å². The van der Waals surface area contributed by atoms with Gasteiger partial charge in [0.05, 0.1) is 19.0 Å². The molecular formula is C20H17N3O4. The van der Waals surface area contributed by atoms with Crippen molar-refractivity contribution in [2.75, 3.05) is 0 Å². The lowest BCUT2D eigenvalue weighted by Crippen LogP contribution is -2.37. The Hall–Kier alpha value is -3.87. The molecule has 1 heterocycles. The number of carbonyl (C=O) groups excluding carboxylic acids is 2. The van der Waals surface area contributed by atoms with Crippen LogP contribution < -0.4 is 15.5 Å². The minimum atomic E-state index is -0.866. The summed E-state index contributed by atoms with van der Waals surface area (Å²) >= 11 is 0. The highest BCUT2D eigenvalue weighted by Gasteiger charge is 2.12. The molecule has 0 saturated carbocycles. The van der Waals surface area contributed by atoms with Gasteiger partial charge in [0.15, 0.2) is 0 Å². The second-order valence-electron chi connectivity index (χ2n) is 5.45. The van der Waals surface area contributed by atoms with Crippen LogP contribution in [0.5, 0.6) is 11.5 Å². The van der Waals surface area contributed by atoms with Crippen molar-refractivity contribution < 1.29 is 18.7 Å². The third-order valence-corrected chi connectivity index (χ3v) is 3.43. The Balaban J connectivity index is 1.50. The molecule has 7 nitrogen and oxygen atoms in total. The van der Waals surface area contributed by atoms with Gasteiger partial charge in [0, 0.05) is 0 Å². The number of nitrogens with one attached hydrogen (secondary N) is 2. The number of hydrazone groups is 1. The maximum absolute atomic E-state index is 11.7. The molecule has 0 aliphatic heterocycles. The molecule has 3 rings (SSSR count). The van der Waals surface area contributed by atoms with Crippen LogP contribution in [-0.4, -0.2) is 18.0 Å². The van der Waals surface area contributed by atoms with Crippen LogP contribution in [0, 0.1) is 0 Å². The fraction of sp³-hybridized carbons (Fsp3) is 0.0500. The van der Waals surface area contributed by atoms with E-state index in [1.165, 1.54) is 12.5 Å². The largest absolute Gasteiger partial charge is 0.467 e. The Kier molecular flexibility index (Phi) is 5.98. The quantitative estimate of drug-likeness (QED) is 0.400. The van der Waals surface area contributed by atoms with Gasteiger partial charge < -0.3 is 14.5 Å². The lowest BCUT2D eigenvalue weighted by atomic mass is 10.2. The Morgan fingerprint density at radius 2 is 1.78 bits per heavy atom. The topological polar surface area (TPSA) is 92.9 Å². The average molecular weight is 363 g/mol. The van der Waals surface area contributed by atoms with Crippen molar-refractivity contribution in [2.24, 2.45) is 5.10 Å². The number of hydrogen-bond acceptors (Lipinski definition) is 5. The van der Waals surface area contributed by atoms with Gasteiger partial charge in [-0.15, -0.1) is 0 Å². The third kappa shape index (κ3) is 5.57. The second kappa shape index (κ2) is 9.00. The van der Waals surface area contributed by atoms with Gasteiger partial charge in [-0.25, -0.2) is 5.43 Å². The highest BCUT2D eigenvalue weighted by molar-refractivity contribution is 6.35. The molecule has 2 N–H and O–H groups in total. The summed E-state index contributed by atoms with van der Waals surface area (Å²) in [6, 6.07) is 19.9. The first-order valence-electron chi connectivity index (χ1n) is 8.17. The van der Waals surface area contributed by atoms with Gasteiger partial charge in [0.1, 0.15) is 17.3 Å². The lowest BCUT2D eigenvalue weighted by Gasteiger charge is -2.05. The number of furan rings is 1. The van der Waals surface area contributed by atoms with E-state index in [4.69, 9.17) is 9.15 Å². The minimum Gasteiger partial charge on any atom is -0.467 e. The molecule has 0 radical (unpaired) electrons. The molecule has 0 fully saturated rings. The zero-order chi connectivity index (χ0) is 18.9. The summed E-state index contributed by atoms with van der Waals surface area (Å²) in [5.41, 5.74) is 2.89. The molecule has 0 unspecified atom stereocenters. The number of rotatable bonds is 6. The van der Waals surface area contributed by atoms with Crippen LogP contribution in [0.3, 0.4) is 0 Å². The van der Waals surface area contributed by atoms with Crippen molar-refractivity contribution in [3.8, 4) is 11.5 Å². The highest BCUT2D eigenvalue weighted by atomic mass is 16.5. The van der Waals surface area contributed by atoms with E-state index in [1.54, 1.807) is 30.3 Å². The molecular weight excluding hydrogens is 346 g/mol. The van der Waals surface area contributed by atoms with Gasteiger partial charge >= 0.3 is 11.8 Å². The summed E-state index contributed by atoms with van der Waals surface area (Å²) < 4.78 is 10.8. The molecule has 27 heavy (non-hydrogen) atoms. The molecule has 2 aromatic carbocycles. The van der Waals surface area contributed by atoms with Gasteiger partial charge in [-0.2, -0.15) is 5.10 Å². The predicted molar refractivity (Wildman–Crippen MR) is 99.2 cm³/mol. The molecule has 0 saturated heterocycles. The first-order valence-corrected chi connectivity index (χ1v) is 8.17. The SMILES string of the molecule is O=C(NCc1ccco1)C(=O)N/N=C\c1cccc(Oc2ccccc2)c1. The number of hydrogen-bond donors (Lipinski definition) is 2. The third-order valence-electron chi connectivity index (χ3n) is 3.43. The van der Waals surface area contributed by atoms with Crippen molar-refractivity contribution in [3.63, 3.8) is 0 Å². The minimum absolute atomic E-state index is 0.127. The summed E-state index contributed by atoms with van der Waals surface area (Å²) in [6.07, 6.45) is 2.91. The Morgan fingerprint density at radius 1 is 0.963 bits per heavy atom. The van der Waals surface area contributed by atoms with Gasteiger partial charge in [0.25, 0.3) is 0 Å². The van der Waals surface area contributed by atoms with Crippen molar-refractivity contribution in [3.05, 3.63) is 84.3 Å². The first kappa shape index (κ1) is 17.9. The fourth-order valence-electron chi connectivity index (χ4n) is 2.16. The standard InChI is InChI=1S/C20H17N3O4/c24-19(21-14-18-10-5-11-26-18)20(25)23-22-13-15-6-4-9-17(12-15)27-16-7-2-1-3-8-16/h1-13H,14H2,(H,21,24)(H,23,25)/b22-13-. The van der Waals surface area contributed by atoms with Crippen molar-refractivity contribution in [1.29, 1.82) is 0 Å². The number of benzene rings is 2. The molecule has 0 bridgehead atoms. The monoisotopic (exact) mass is 363 g/mol. The van der Waals surface area contributed by atoms with Crippen LogP contribution in [0.15, 0.2) is 82.5 Å². The number of carbonyl (C=O) groups is 2. The van der Waals surface area contributed by atoms with E-state index in [2.05, 4.69) is 15.8 Å². The van der Waals surface area contributed by atoms with Gasteiger partial charge in [-0.05, 0) is 42.0 Å². The molecule has 2 amide bonds. The van der Waals surface area contributed by atoms with Crippen molar-refractivity contribution >= 4 is 18.0 Å². The predicted octanol–water partition coefficient (Wildman–Crippen LogP) is 2.84. The molecule has 3 aromatic rings. The van der Waals surface area contributed by atoms with E-state index in [1.807, 2.05) is 36.4 Å². The van der Waals surface area contributed by atoms with E-state index in [-0.39, 0.29) is 6.54 Å². The molecule has 0 spiro atoms. The van der Waals surface area contributed by atoms with Gasteiger partial charge in [0.2, 0.25) is 0 Å². The van der Waals surface area contributed by atoms with Crippen LogP contribution >= 0.6 is 0 Å². The number of para-hydroxylation sites is 1. The number of amides is 2. The number of ether oxygens (including phenoxy) is 1. The highest BCUT2D eigenvalue weighted by Crippen LogP contribution is 2.21. The molecule has 1 aromatic heterocycles. The lowest BCUT2D eigenvalue weighted by molar-refractivity contribution is -0.139. The Bertz CT molecular complexity index is 921. The Morgan fingerprint density at radius 3 is 2.56 bits per heavy atom. The Labute approximate surface area is 155 Å². The molecule has 0 aliphatic carbocycles. The van der Waals surface area contributed by atoms with Crippen LogP contribution in [0.2, 0.25) is 0 Å². The van der Waals surface area contributed by atoms with Crippen LogP contribution in [0.1, 0.15) is 11.3 Å². The van der Waals surface area contributed by atoms with Crippen LogP contribution in [-0.2, 0) is 16.1 Å². The maximum Gasteiger partial charge on any atom is 0.329 e.